The Hall–Kier alpha value is -3.16. The van der Waals surface area contributed by atoms with Crippen molar-refractivity contribution in [2.75, 3.05) is 11.9 Å². The Bertz CT molecular complexity index is 1270. The van der Waals surface area contributed by atoms with E-state index in [1.165, 1.54) is 4.88 Å². The van der Waals surface area contributed by atoms with Crippen LogP contribution < -0.4 is 10.1 Å². The average molecular weight is 525 g/mol. The van der Waals surface area contributed by atoms with Gasteiger partial charge in [0.25, 0.3) is 5.91 Å². The number of halogens is 1. The molecule has 0 unspecified atom stereocenters. The zero-order chi connectivity index (χ0) is 25.9. The van der Waals surface area contributed by atoms with Crippen molar-refractivity contribution in [3.8, 4) is 5.75 Å². The van der Waals surface area contributed by atoms with Crippen LogP contribution in [0.2, 0.25) is 5.02 Å². The fraction of sp³-hybridized carbons (Fsp3) is 0.321. The van der Waals surface area contributed by atoms with Crippen molar-refractivity contribution >= 4 is 51.7 Å². The number of rotatable bonds is 7. The number of nitrogens with one attached hydrogen (secondary N) is 1. The third-order valence-electron chi connectivity index (χ3n) is 6.37. The van der Waals surface area contributed by atoms with E-state index < -0.39 is 12.6 Å². The SMILES string of the molecule is CC(C)(C)[C@H]1CCc2c(sc(N=Cc3ccc(OCC(=O)O)cc3)c2C(=O)Nc2ccc(Cl)cc2)C1. The lowest BCUT2D eigenvalue weighted by molar-refractivity contribution is -0.139. The van der Waals surface area contributed by atoms with Crippen LogP contribution in [0.25, 0.3) is 0 Å². The molecule has 3 aromatic rings. The molecule has 0 saturated carbocycles. The van der Waals surface area contributed by atoms with Crippen molar-refractivity contribution < 1.29 is 19.4 Å². The number of carbonyl (C=O) groups excluding carboxylic acids is 1. The Labute approximate surface area is 220 Å². The number of benzene rings is 2. The molecule has 0 spiro atoms. The lowest BCUT2D eigenvalue weighted by Crippen LogP contribution is -2.27. The van der Waals surface area contributed by atoms with Gasteiger partial charge in [-0.2, -0.15) is 0 Å². The van der Waals surface area contributed by atoms with Gasteiger partial charge in [-0.3, -0.25) is 4.79 Å². The normalized spacial score (nSPS) is 15.5. The quantitative estimate of drug-likeness (QED) is 0.325. The number of carbonyl (C=O) groups is 2. The second-order valence-corrected chi connectivity index (χ2v) is 11.5. The summed E-state index contributed by atoms with van der Waals surface area (Å²) in [5.74, 6) is -0.183. The summed E-state index contributed by atoms with van der Waals surface area (Å²) in [6, 6.07) is 14.1. The van der Waals surface area contributed by atoms with E-state index in [0.717, 1.165) is 30.4 Å². The highest BCUT2D eigenvalue weighted by atomic mass is 35.5. The number of aliphatic imine (C=N–C) groups is 1. The summed E-state index contributed by atoms with van der Waals surface area (Å²) in [7, 11) is 0. The Kier molecular flexibility index (Phi) is 7.81. The van der Waals surface area contributed by atoms with Gasteiger partial charge in [-0.1, -0.05) is 32.4 Å². The molecule has 1 amide bonds. The number of carboxylic acid groups (broad SMARTS) is 1. The summed E-state index contributed by atoms with van der Waals surface area (Å²) >= 11 is 7.58. The molecular formula is C28H29ClN2O4S. The van der Waals surface area contributed by atoms with Gasteiger partial charge < -0.3 is 15.2 Å². The molecule has 1 aliphatic rings. The molecule has 1 atom stereocenters. The van der Waals surface area contributed by atoms with Crippen LogP contribution in [0.5, 0.6) is 5.75 Å². The number of thiophene rings is 1. The molecule has 2 aromatic carbocycles. The van der Waals surface area contributed by atoms with Gasteiger partial charge in [0.05, 0.1) is 5.56 Å². The van der Waals surface area contributed by atoms with Crippen molar-refractivity contribution in [3.05, 3.63) is 75.1 Å². The van der Waals surface area contributed by atoms with Crippen LogP contribution in [0.3, 0.4) is 0 Å². The molecule has 2 N–H and O–H groups in total. The minimum atomic E-state index is -1.03. The molecule has 1 aliphatic carbocycles. The summed E-state index contributed by atoms with van der Waals surface area (Å²) in [4.78, 5) is 30.1. The Balaban J connectivity index is 1.62. The van der Waals surface area contributed by atoms with Crippen molar-refractivity contribution in [2.45, 2.75) is 40.0 Å². The van der Waals surface area contributed by atoms with Gasteiger partial charge in [0.15, 0.2) is 6.61 Å². The maximum absolute atomic E-state index is 13.4. The first-order valence-corrected chi connectivity index (χ1v) is 13.0. The van der Waals surface area contributed by atoms with E-state index in [0.29, 0.717) is 32.9 Å². The van der Waals surface area contributed by atoms with Crippen LogP contribution in [-0.4, -0.2) is 29.8 Å². The zero-order valence-electron chi connectivity index (χ0n) is 20.5. The fourth-order valence-corrected chi connectivity index (χ4v) is 5.69. The van der Waals surface area contributed by atoms with Crippen LogP contribution in [0.1, 0.15) is 53.6 Å². The van der Waals surface area contributed by atoms with Gasteiger partial charge in [0, 0.05) is 21.8 Å². The van der Waals surface area contributed by atoms with E-state index in [1.54, 1.807) is 66.1 Å². The average Bonchev–Trinajstić information content (AvgIpc) is 3.20. The Morgan fingerprint density at radius 1 is 1.17 bits per heavy atom. The standard InChI is InChI=1S/C28H29ClN2O4S/c1-28(2,3)18-6-13-22-23(14-18)36-27(25(22)26(34)31-20-9-7-19(29)8-10-20)30-15-17-4-11-21(12-5-17)35-16-24(32)33/h4-5,7-12,15,18H,6,13-14,16H2,1-3H3,(H,31,34)(H,32,33)/t18-/m0/s1. The molecule has 1 heterocycles. The van der Waals surface area contributed by atoms with E-state index in [-0.39, 0.29) is 11.3 Å². The number of hydrogen-bond donors (Lipinski definition) is 2. The van der Waals surface area contributed by atoms with Gasteiger partial charge >= 0.3 is 5.97 Å². The molecule has 4 rings (SSSR count). The highest BCUT2D eigenvalue weighted by Crippen LogP contribution is 2.45. The van der Waals surface area contributed by atoms with Crippen LogP contribution in [0, 0.1) is 11.3 Å². The first-order chi connectivity index (χ1) is 17.1. The molecule has 188 valence electrons. The minimum absolute atomic E-state index is 0.173. The third-order valence-corrected chi connectivity index (χ3v) is 7.79. The molecule has 8 heteroatoms. The van der Waals surface area contributed by atoms with E-state index in [1.807, 2.05) is 0 Å². The number of ether oxygens (including phenoxy) is 1. The predicted octanol–water partition coefficient (Wildman–Crippen LogP) is 7.02. The van der Waals surface area contributed by atoms with Gasteiger partial charge in [-0.05, 0) is 90.3 Å². The van der Waals surface area contributed by atoms with Crippen molar-refractivity contribution in [2.24, 2.45) is 16.3 Å². The van der Waals surface area contributed by atoms with Gasteiger partial charge in [0.1, 0.15) is 10.8 Å². The lowest BCUT2D eigenvalue weighted by Gasteiger charge is -2.33. The maximum Gasteiger partial charge on any atom is 0.341 e. The Morgan fingerprint density at radius 3 is 2.50 bits per heavy atom. The topological polar surface area (TPSA) is 88.0 Å². The second-order valence-electron chi connectivity index (χ2n) is 9.96. The molecule has 0 saturated heterocycles. The zero-order valence-corrected chi connectivity index (χ0v) is 22.1. The van der Waals surface area contributed by atoms with E-state index in [9.17, 15) is 9.59 Å². The number of aliphatic carboxylic acids is 1. The molecule has 0 bridgehead atoms. The number of anilines is 1. The summed E-state index contributed by atoms with van der Waals surface area (Å²) in [6.45, 7) is 6.42. The first-order valence-electron chi connectivity index (χ1n) is 11.8. The van der Waals surface area contributed by atoms with E-state index in [4.69, 9.17) is 26.4 Å². The highest BCUT2D eigenvalue weighted by Gasteiger charge is 2.33. The maximum atomic E-state index is 13.4. The lowest BCUT2D eigenvalue weighted by atomic mass is 9.72. The molecule has 1 aromatic heterocycles. The van der Waals surface area contributed by atoms with E-state index in [2.05, 4.69) is 26.1 Å². The van der Waals surface area contributed by atoms with Crippen LogP contribution >= 0.6 is 22.9 Å². The monoisotopic (exact) mass is 524 g/mol. The number of fused-ring (bicyclic) bond motifs is 1. The summed E-state index contributed by atoms with van der Waals surface area (Å²) < 4.78 is 5.19. The molecule has 0 aliphatic heterocycles. The smallest absolute Gasteiger partial charge is 0.341 e. The molecule has 6 nitrogen and oxygen atoms in total. The van der Waals surface area contributed by atoms with Gasteiger partial charge in [-0.15, -0.1) is 11.3 Å². The summed E-state index contributed by atoms with van der Waals surface area (Å²) in [6.07, 6.45) is 4.55. The predicted molar refractivity (Wildman–Crippen MR) is 146 cm³/mol. The fourth-order valence-electron chi connectivity index (χ4n) is 4.29. The van der Waals surface area contributed by atoms with Gasteiger partial charge in [-0.25, -0.2) is 9.79 Å². The molecule has 0 radical (unpaired) electrons. The molecule has 36 heavy (non-hydrogen) atoms. The van der Waals surface area contributed by atoms with Crippen LogP contribution in [0.4, 0.5) is 10.7 Å². The van der Waals surface area contributed by atoms with Crippen molar-refractivity contribution in [1.82, 2.24) is 0 Å². The van der Waals surface area contributed by atoms with Crippen LogP contribution in [-0.2, 0) is 17.6 Å². The molecular weight excluding hydrogens is 496 g/mol. The van der Waals surface area contributed by atoms with Gasteiger partial charge in [0.2, 0.25) is 0 Å². The Morgan fingerprint density at radius 2 is 1.86 bits per heavy atom. The third kappa shape index (κ3) is 6.33. The summed E-state index contributed by atoms with van der Waals surface area (Å²) in [5, 5.41) is 13.1. The number of amides is 1. The van der Waals surface area contributed by atoms with Crippen molar-refractivity contribution in [1.29, 1.82) is 0 Å². The molecule has 0 fully saturated rings. The number of hydrogen-bond acceptors (Lipinski definition) is 5. The minimum Gasteiger partial charge on any atom is -0.482 e. The second kappa shape index (κ2) is 10.8. The van der Waals surface area contributed by atoms with Crippen molar-refractivity contribution in [3.63, 3.8) is 0 Å². The largest absolute Gasteiger partial charge is 0.482 e. The number of nitrogens with zero attached hydrogens (tertiary/aromatic N) is 1. The number of carboxylic acids is 1. The summed E-state index contributed by atoms with van der Waals surface area (Å²) in [5.41, 5.74) is 3.42. The highest BCUT2D eigenvalue weighted by molar-refractivity contribution is 7.16. The van der Waals surface area contributed by atoms with Crippen LogP contribution in [0.15, 0.2) is 53.5 Å². The first kappa shape index (κ1) is 25.9. The van der Waals surface area contributed by atoms with E-state index >= 15 is 0 Å².